The van der Waals surface area contributed by atoms with Crippen molar-refractivity contribution in [1.82, 2.24) is 0 Å². The predicted molar refractivity (Wildman–Crippen MR) is 54.5 cm³/mol. The average molecular weight is 196 g/mol. The summed E-state index contributed by atoms with van der Waals surface area (Å²) < 4.78 is 0. The molecule has 5 heteroatoms. The zero-order valence-electron chi connectivity index (χ0n) is 8.37. The quantitative estimate of drug-likeness (QED) is 0.515. The standard InChI is InChI=1S/C9H16O4.Li.H/c1-5(2)9(6(3)4,7(10)11)8(12)13;;/h5-6H,1-4H3,(H,10,11)(H,12,13);;. The number of hydrogen-bond donors (Lipinski definition) is 2. The van der Waals surface area contributed by atoms with Crippen LogP contribution >= 0.6 is 0 Å². The van der Waals surface area contributed by atoms with Crippen molar-refractivity contribution in [3.63, 3.8) is 0 Å². The molecule has 0 heterocycles. The molecule has 0 radical (unpaired) electrons. The Balaban J connectivity index is 0. The van der Waals surface area contributed by atoms with E-state index in [2.05, 4.69) is 0 Å². The number of rotatable bonds is 4. The minimum atomic E-state index is -1.67. The van der Waals surface area contributed by atoms with E-state index in [9.17, 15) is 9.59 Å². The molecule has 2 N–H and O–H groups in total. The zero-order chi connectivity index (χ0) is 10.8. The van der Waals surface area contributed by atoms with Crippen molar-refractivity contribution in [1.29, 1.82) is 0 Å². The molecule has 0 unspecified atom stereocenters. The summed E-state index contributed by atoms with van der Waals surface area (Å²) in [7, 11) is 0. The molecule has 0 aliphatic carbocycles. The van der Waals surface area contributed by atoms with Crippen LogP contribution in [0.15, 0.2) is 0 Å². The Morgan fingerprint density at radius 2 is 1.14 bits per heavy atom. The van der Waals surface area contributed by atoms with Crippen molar-refractivity contribution < 1.29 is 19.8 Å². The van der Waals surface area contributed by atoms with Gasteiger partial charge in [-0.15, -0.1) is 0 Å². The molecule has 0 spiro atoms. The molecule has 0 saturated carbocycles. The molecule has 0 rings (SSSR count). The van der Waals surface area contributed by atoms with Crippen molar-refractivity contribution >= 4 is 30.8 Å². The molecule has 14 heavy (non-hydrogen) atoms. The van der Waals surface area contributed by atoms with Gasteiger partial charge in [0.25, 0.3) is 0 Å². The van der Waals surface area contributed by atoms with E-state index in [1.807, 2.05) is 0 Å². The summed E-state index contributed by atoms with van der Waals surface area (Å²) in [5.74, 6) is -3.38. The van der Waals surface area contributed by atoms with Gasteiger partial charge >= 0.3 is 30.8 Å². The summed E-state index contributed by atoms with van der Waals surface area (Å²) in [6.45, 7) is 6.45. The SMILES string of the molecule is CC(C)C(C(=O)O)(C(=O)O)C(C)C.[LiH]. The van der Waals surface area contributed by atoms with Crippen molar-refractivity contribution in [3.05, 3.63) is 0 Å². The van der Waals surface area contributed by atoms with Gasteiger partial charge < -0.3 is 10.2 Å². The summed E-state index contributed by atoms with van der Waals surface area (Å²) in [5.41, 5.74) is -1.67. The van der Waals surface area contributed by atoms with E-state index in [-0.39, 0.29) is 18.9 Å². The third-order valence-corrected chi connectivity index (χ3v) is 2.53. The fraction of sp³-hybridized carbons (Fsp3) is 0.778. The zero-order valence-corrected chi connectivity index (χ0v) is 8.37. The molecule has 0 aliphatic rings. The Bertz CT molecular complexity index is 199. The molecule has 0 bridgehead atoms. The van der Waals surface area contributed by atoms with E-state index < -0.39 is 29.2 Å². The molecule has 4 nitrogen and oxygen atoms in total. The molecule has 0 fully saturated rings. The second kappa shape index (κ2) is 5.43. The van der Waals surface area contributed by atoms with E-state index in [1.165, 1.54) is 0 Å². The molecular formula is C9H17LiO4. The number of aliphatic carboxylic acids is 2. The van der Waals surface area contributed by atoms with Gasteiger partial charge in [-0.2, -0.15) is 0 Å². The van der Waals surface area contributed by atoms with Crippen LogP contribution in [0.3, 0.4) is 0 Å². The summed E-state index contributed by atoms with van der Waals surface area (Å²) in [4.78, 5) is 21.9. The maximum absolute atomic E-state index is 11.0. The molecule has 78 valence electrons. The van der Waals surface area contributed by atoms with Gasteiger partial charge in [0.05, 0.1) is 0 Å². The number of hydrogen-bond acceptors (Lipinski definition) is 2. The average Bonchev–Trinajstić information content (AvgIpc) is 1.82. The van der Waals surface area contributed by atoms with Crippen LogP contribution in [0.4, 0.5) is 0 Å². The van der Waals surface area contributed by atoms with Crippen LogP contribution in [0.1, 0.15) is 27.7 Å². The van der Waals surface area contributed by atoms with Crippen LogP contribution in [0.2, 0.25) is 0 Å². The first-order valence-corrected chi connectivity index (χ1v) is 4.24. The van der Waals surface area contributed by atoms with E-state index in [4.69, 9.17) is 10.2 Å². The van der Waals surface area contributed by atoms with Gasteiger partial charge in [-0.25, -0.2) is 0 Å². The number of carboxylic acids is 2. The van der Waals surface area contributed by atoms with Crippen LogP contribution in [0.25, 0.3) is 0 Å². The van der Waals surface area contributed by atoms with Gasteiger partial charge in [0.2, 0.25) is 0 Å². The summed E-state index contributed by atoms with van der Waals surface area (Å²) in [6.07, 6.45) is 0. The van der Waals surface area contributed by atoms with E-state index in [1.54, 1.807) is 27.7 Å². The third-order valence-electron chi connectivity index (χ3n) is 2.53. The Morgan fingerprint density at radius 3 is 1.14 bits per heavy atom. The normalized spacial score (nSPS) is 11.3. The van der Waals surface area contributed by atoms with Crippen molar-refractivity contribution in [2.75, 3.05) is 0 Å². The van der Waals surface area contributed by atoms with E-state index in [0.717, 1.165) is 0 Å². The number of carboxylic acid groups (broad SMARTS) is 2. The van der Waals surface area contributed by atoms with Crippen molar-refractivity contribution in [2.45, 2.75) is 27.7 Å². The molecule has 0 aromatic carbocycles. The van der Waals surface area contributed by atoms with Crippen LogP contribution in [-0.4, -0.2) is 41.0 Å². The first-order chi connectivity index (χ1) is 5.77. The minimum absolute atomic E-state index is 0. The van der Waals surface area contributed by atoms with Gasteiger partial charge in [-0.05, 0) is 11.8 Å². The summed E-state index contributed by atoms with van der Waals surface area (Å²) >= 11 is 0. The second-order valence-corrected chi connectivity index (χ2v) is 3.79. The van der Waals surface area contributed by atoms with Gasteiger partial charge in [-0.3, -0.25) is 9.59 Å². The first kappa shape index (κ1) is 16.0. The van der Waals surface area contributed by atoms with Crippen molar-refractivity contribution in [2.24, 2.45) is 17.3 Å². The van der Waals surface area contributed by atoms with E-state index >= 15 is 0 Å². The maximum atomic E-state index is 11.0. The molecule has 0 aromatic heterocycles. The second-order valence-electron chi connectivity index (χ2n) is 3.79. The molecule has 0 saturated heterocycles. The third kappa shape index (κ3) is 2.31. The first-order valence-electron chi connectivity index (χ1n) is 4.24. The molecular weight excluding hydrogens is 179 g/mol. The van der Waals surface area contributed by atoms with Crippen molar-refractivity contribution in [3.8, 4) is 0 Å². The fourth-order valence-corrected chi connectivity index (χ4v) is 1.75. The molecule has 0 atom stereocenters. The van der Waals surface area contributed by atoms with E-state index in [0.29, 0.717) is 0 Å². The van der Waals surface area contributed by atoms with Crippen LogP contribution < -0.4 is 0 Å². The molecule has 0 aromatic rings. The summed E-state index contributed by atoms with van der Waals surface area (Å²) in [6, 6.07) is 0. The van der Waals surface area contributed by atoms with Crippen LogP contribution in [-0.2, 0) is 9.59 Å². The Morgan fingerprint density at radius 1 is 0.929 bits per heavy atom. The summed E-state index contributed by atoms with van der Waals surface area (Å²) in [5, 5.41) is 17.9. The molecule has 0 aliphatic heterocycles. The number of carbonyl (C=O) groups is 2. The predicted octanol–water partition coefficient (Wildman–Crippen LogP) is 0.805. The van der Waals surface area contributed by atoms with Gasteiger partial charge in [0.1, 0.15) is 0 Å². The topological polar surface area (TPSA) is 74.6 Å². The Kier molecular flexibility index (Phi) is 6.20. The van der Waals surface area contributed by atoms with Gasteiger partial charge in [0, 0.05) is 0 Å². The van der Waals surface area contributed by atoms with Crippen LogP contribution in [0, 0.1) is 17.3 Å². The van der Waals surface area contributed by atoms with Crippen LogP contribution in [0.5, 0.6) is 0 Å². The molecule has 0 amide bonds. The monoisotopic (exact) mass is 196 g/mol. The fourth-order valence-electron chi connectivity index (χ4n) is 1.75. The van der Waals surface area contributed by atoms with Gasteiger partial charge in [-0.1, -0.05) is 27.7 Å². The Labute approximate surface area is 95.9 Å². The Hall–Kier alpha value is -0.463. The van der Waals surface area contributed by atoms with Gasteiger partial charge in [0.15, 0.2) is 5.41 Å².